The van der Waals surface area contributed by atoms with Gasteiger partial charge >= 0.3 is 0 Å². The fraction of sp³-hybridized carbons (Fsp3) is 0.364. The maximum atomic E-state index is 5.94. The molecule has 0 aliphatic rings. The van der Waals surface area contributed by atoms with Crippen molar-refractivity contribution in [3.05, 3.63) is 71.3 Å². The van der Waals surface area contributed by atoms with Crippen LogP contribution in [0.4, 0.5) is 0 Å². The molecule has 0 radical (unpaired) electrons. The van der Waals surface area contributed by atoms with Crippen LogP contribution in [0.15, 0.2) is 64.8 Å². The molecule has 144 valence electrons. The Bertz CT molecular complexity index is 722. The molecule has 2 aromatic carbocycles. The molecule has 0 saturated heterocycles. The van der Waals surface area contributed by atoms with Gasteiger partial charge in [-0.1, -0.05) is 74.1 Å². The molecule has 0 amide bonds. The van der Waals surface area contributed by atoms with E-state index < -0.39 is 0 Å². The zero-order chi connectivity index (χ0) is 19.3. The van der Waals surface area contributed by atoms with Crippen LogP contribution in [0.3, 0.4) is 0 Å². The summed E-state index contributed by atoms with van der Waals surface area (Å²) in [6.07, 6.45) is 4.12. The molecule has 27 heavy (non-hydrogen) atoms. The first-order chi connectivity index (χ1) is 13.2. The van der Waals surface area contributed by atoms with Crippen LogP contribution in [0.2, 0.25) is 0 Å². The largest absolute Gasteiger partial charge is 0.377 e. The van der Waals surface area contributed by atoms with E-state index in [2.05, 4.69) is 59.3 Å². The maximum absolute atomic E-state index is 5.94. The van der Waals surface area contributed by atoms with E-state index in [-0.39, 0.29) is 0 Å². The van der Waals surface area contributed by atoms with E-state index in [0.717, 1.165) is 31.0 Å². The lowest BCUT2D eigenvalue weighted by molar-refractivity contribution is 0.266. The number of thioether (sulfide) groups is 1. The number of amidine groups is 1. The topological polar surface area (TPSA) is 54.0 Å². The Morgan fingerprint density at radius 1 is 1.00 bits per heavy atom. The summed E-state index contributed by atoms with van der Waals surface area (Å²) in [4.78, 5) is 2.49. The van der Waals surface area contributed by atoms with E-state index in [4.69, 9.17) is 5.73 Å². The third-order valence-corrected chi connectivity index (χ3v) is 4.88. The summed E-state index contributed by atoms with van der Waals surface area (Å²) in [5, 5.41) is 8.73. The molecule has 0 aromatic heterocycles. The van der Waals surface area contributed by atoms with E-state index in [1.807, 2.05) is 24.3 Å². The van der Waals surface area contributed by atoms with Crippen molar-refractivity contribution >= 4 is 23.1 Å². The Morgan fingerprint density at radius 2 is 1.70 bits per heavy atom. The van der Waals surface area contributed by atoms with Crippen molar-refractivity contribution < 1.29 is 0 Å². The van der Waals surface area contributed by atoms with Gasteiger partial charge in [0.15, 0.2) is 5.17 Å². The van der Waals surface area contributed by atoms with Gasteiger partial charge in [0.1, 0.15) is 0 Å². The predicted molar refractivity (Wildman–Crippen MR) is 119 cm³/mol. The molecule has 0 spiro atoms. The molecular formula is C22H30N4S. The quantitative estimate of drug-likeness (QED) is 0.361. The van der Waals surface area contributed by atoms with Gasteiger partial charge in [0.05, 0.1) is 6.21 Å². The van der Waals surface area contributed by atoms with Gasteiger partial charge in [-0.3, -0.25) is 4.90 Å². The molecule has 0 aliphatic carbocycles. The van der Waals surface area contributed by atoms with E-state index in [1.165, 1.54) is 35.7 Å². The minimum atomic E-state index is 0.475. The van der Waals surface area contributed by atoms with Crippen molar-refractivity contribution in [2.75, 3.05) is 13.1 Å². The standard InChI is InChI=1S/C22H30N4S/c1-3-13-26(14-4-2)17-21-12-8-11-20(15-21)16-24-25-22(23)27-18-19-9-6-5-7-10-19/h5-12,15-16H,3-4,13-14,17-18H2,1-2H3,(H2,23,25). The highest BCUT2D eigenvalue weighted by molar-refractivity contribution is 8.13. The Hall–Kier alpha value is -2.11. The average molecular weight is 383 g/mol. The molecule has 2 rings (SSSR count). The molecule has 0 bridgehead atoms. The van der Waals surface area contributed by atoms with Crippen LogP contribution in [-0.4, -0.2) is 29.4 Å². The molecule has 0 unspecified atom stereocenters. The van der Waals surface area contributed by atoms with Crippen molar-refractivity contribution in [2.45, 2.75) is 39.0 Å². The van der Waals surface area contributed by atoms with Gasteiger partial charge in [0.2, 0.25) is 0 Å². The third-order valence-electron chi connectivity index (χ3n) is 4.03. The number of rotatable bonds is 10. The summed E-state index contributed by atoms with van der Waals surface area (Å²) >= 11 is 1.49. The minimum Gasteiger partial charge on any atom is -0.377 e. The zero-order valence-electron chi connectivity index (χ0n) is 16.3. The predicted octanol–water partition coefficient (Wildman–Crippen LogP) is 4.89. The van der Waals surface area contributed by atoms with Gasteiger partial charge in [-0.05, 0) is 48.7 Å². The van der Waals surface area contributed by atoms with Crippen molar-refractivity contribution in [1.29, 1.82) is 0 Å². The van der Waals surface area contributed by atoms with Crippen LogP contribution in [0.25, 0.3) is 0 Å². The number of hydrogen-bond acceptors (Lipinski definition) is 4. The highest BCUT2D eigenvalue weighted by Crippen LogP contribution is 2.12. The second-order valence-electron chi connectivity index (χ2n) is 6.48. The van der Waals surface area contributed by atoms with E-state index in [9.17, 15) is 0 Å². The van der Waals surface area contributed by atoms with E-state index >= 15 is 0 Å². The number of nitrogens with zero attached hydrogens (tertiary/aromatic N) is 3. The van der Waals surface area contributed by atoms with E-state index in [1.54, 1.807) is 6.21 Å². The Morgan fingerprint density at radius 3 is 2.41 bits per heavy atom. The fourth-order valence-electron chi connectivity index (χ4n) is 2.85. The number of hydrogen-bond donors (Lipinski definition) is 1. The summed E-state index contributed by atoms with van der Waals surface area (Å²) in [6, 6.07) is 18.7. The van der Waals surface area contributed by atoms with Crippen molar-refractivity contribution in [3.8, 4) is 0 Å². The summed E-state index contributed by atoms with van der Waals surface area (Å²) < 4.78 is 0. The van der Waals surface area contributed by atoms with Gasteiger partial charge in [0.25, 0.3) is 0 Å². The minimum absolute atomic E-state index is 0.475. The molecule has 2 aromatic rings. The fourth-order valence-corrected chi connectivity index (χ4v) is 3.46. The Balaban J connectivity index is 1.90. The molecule has 0 heterocycles. The molecule has 4 nitrogen and oxygen atoms in total. The second kappa shape index (κ2) is 12.3. The third kappa shape index (κ3) is 8.41. The van der Waals surface area contributed by atoms with Gasteiger partial charge in [0, 0.05) is 12.3 Å². The van der Waals surface area contributed by atoms with E-state index in [0.29, 0.717) is 5.17 Å². The normalized spacial score (nSPS) is 12.2. The molecule has 0 atom stereocenters. The average Bonchev–Trinajstić information content (AvgIpc) is 2.68. The first-order valence-electron chi connectivity index (χ1n) is 9.55. The second-order valence-corrected chi connectivity index (χ2v) is 7.47. The SMILES string of the molecule is CCCN(CCC)Cc1cccc(C=NN=C(N)SCc2ccccc2)c1. The lowest BCUT2D eigenvalue weighted by Gasteiger charge is -2.21. The molecule has 0 saturated carbocycles. The van der Waals surface area contributed by atoms with Gasteiger partial charge in [-0.25, -0.2) is 0 Å². The lowest BCUT2D eigenvalue weighted by atomic mass is 10.1. The van der Waals surface area contributed by atoms with Crippen LogP contribution in [-0.2, 0) is 12.3 Å². The molecule has 0 aliphatic heterocycles. The molecular weight excluding hydrogens is 352 g/mol. The first kappa shape index (κ1) is 21.2. The van der Waals surface area contributed by atoms with Crippen LogP contribution >= 0.6 is 11.8 Å². The first-order valence-corrected chi connectivity index (χ1v) is 10.5. The monoisotopic (exact) mass is 382 g/mol. The number of nitrogens with two attached hydrogens (primary N) is 1. The van der Waals surface area contributed by atoms with Crippen LogP contribution in [0, 0.1) is 0 Å². The molecule has 0 fully saturated rings. The van der Waals surface area contributed by atoms with Crippen molar-refractivity contribution in [3.63, 3.8) is 0 Å². The molecule has 2 N–H and O–H groups in total. The van der Waals surface area contributed by atoms with Gasteiger partial charge < -0.3 is 5.73 Å². The lowest BCUT2D eigenvalue weighted by Crippen LogP contribution is -2.24. The van der Waals surface area contributed by atoms with Gasteiger partial charge in [-0.15, -0.1) is 5.10 Å². The van der Waals surface area contributed by atoms with Crippen LogP contribution in [0.1, 0.15) is 43.4 Å². The maximum Gasteiger partial charge on any atom is 0.180 e. The van der Waals surface area contributed by atoms with Crippen molar-refractivity contribution in [2.24, 2.45) is 15.9 Å². The summed E-state index contributed by atoms with van der Waals surface area (Å²) in [6.45, 7) is 7.69. The van der Waals surface area contributed by atoms with Crippen molar-refractivity contribution in [1.82, 2.24) is 4.90 Å². The smallest absolute Gasteiger partial charge is 0.180 e. The summed E-state index contributed by atoms with van der Waals surface area (Å²) in [7, 11) is 0. The number of benzene rings is 2. The van der Waals surface area contributed by atoms with Gasteiger partial charge in [-0.2, -0.15) is 5.10 Å². The highest BCUT2D eigenvalue weighted by atomic mass is 32.2. The summed E-state index contributed by atoms with van der Waals surface area (Å²) in [5.41, 5.74) is 9.51. The Labute approximate surface area is 167 Å². The Kier molecular flexibility index (Phi) is 9.66. The zero-order valence-corrected chi connectivity index (χ0v) is 17.2. The van der Waals surface area contributed by atoms with Crippen LogP contribution in [0.5, 0.6) is 0 Å². The summed E-state index contributed by atoms with van der Waals surface area (Å²) in [5.74, 6) is 0.797. The highest BCUT2D eigenvalue weighted by Gasteiger charge is 2.04. The molecule has 5 heteroatoms. The van der Waals surface area contributed by atoms with Crippen LogP contribution < -0.4 is 5.73 Å².